The fourth-order valence-electron chi connectivity index (χ4n) is 3.28. The number of aryl methyl sites for hydroxylation is 1. The number of nitrogens with one attached hydrogen (secondary N) is 1. The summed E-state index contributed by atoms with van der Waals surface area (Å²) in [7, 11) is 0. The van der Waals surface area contributed by atoms with Gasteiger partial charge in [0.15, 0.2) is 0 Å². The van der Waals surface area contributed by atoms with Crippen LogP contribution in [0.4, 0.5) is 0 Å². The number of hydrazone groups is 1. The van der Waals surface area contributed by atoms with Crippen molar-refractivity contribution in [2.75, 3.05) is 26.2 Å². The third kappa shape index (κ3) is 5.66. The van der Waals surface area contributed by atoms with Crippen molar-refractivity contribution in [1.82, 2.24) is 5.01 Å². The van der Waals surface area contributed by atoms with Crippen LogP contribution in [0.15, 0.2) is 53.6 Å². The molecule has 1 heterocycles. The molecule has 0 amide bonds. The van der Waals surface area contributed by atoms with E-state index in [-0.39, 0.29) is 5.97 Å². The van der Waals surface area contributed by atoms with Crippen molar-refractivity contribution in [3.8, 4) is 5.75 Å². The summed E-state index contributed by atoms with van der Waals surface area (Å²) in [6.07, 6.45) is 0. The monoisotopic (exact) mass is 366 g/mol. The van der Waals surface area contributed by atoms with Crippen LogP contribution in [0.3, 0.4) is 0 Å². The number of carbonyl (C=O) groups is 1. The van der Waals surface area contributed by atoms with E-state index in [0.717, 1.165) is 44.0 Å². The average Bonchev–Trinajstić information content (AvgIpc) is 2.65. The van der Waals surface area contributed by atoms with Gasteiger partial charge < -0.3 is 9.64 Å². The van der Waals surface area contributed by atoms with Crippen LogP contribution in [-0.4, -0.2) is 42.9 Å². The number of quaternary nitrogens is 1. The number of rotatable bonds is 5. The Morgan fingerprint density at radius 1 is 1.04 bits per heavy atom. The predicted octanol–water partition coefficient (Wildman–Crippen LogP) is 2.05. The van der Waals surface area contributed by atoms with Crippen molar-refractivity contribution in [3.63, 3.8) is 0 Å². The van der Waals surface area contributed by atoms with Gasteiger partial charge in [-0.15, -0.1) is 0 Å². The van der Waals surface area contributed by atoms with Crippen LogP contribution < -0.4 is 9.64 Å². The zero-order chi connectivity index (χ0) is 19.2. The smallest absolute Gasteiger partial charge is 0.308 e. The first-order valence-electron chi connectivity index (χ1n) is 9.48. The van der Waals surface area contributed by atoms with Gasteiger partial charge in [0.1, 0.15) is 12.3 Å². The molecule has 0 atom stereocenters. The summed E-state index contributed by atoms with van der Waals surface area (Å²) in [6.45, 7) is 10.7. The molecule has 5 nitrogen and oxygen atoms in total. The SMILES string of the molecule is CC(=O)Oc1ccc(/C(C)=N\N2CC[NH+](Cc3ccc(C)cc3)CC2)cc1. The normalized spacial score (nSPS) is 15.7. The molecule has 0 radical (unpaired) electrons. The predicted molar refractivity (Wildman–Crippen MR) is 107 cm³/mol. The van der Waals surface area contributed by atoms with Gasteiger partial charge >= 0.3 is 5.97 Å². The molecular formula is C22H28N3O2+. The van der Waals surface area contributed by atoms with Gasteiger partial charge in [0, 0.05) is 12.5 Å². The van der Waals surface area contributed by atoms with E-state index in [1.165, 1.54) is 18.1 Å². The number of benzene rings is 2. The summed E-state index contributed by atoms with van der Waals surface area (Å²) in [5.41, 5.74) is 4.73. The first-order chi connectivity index (χ1) is 13.0. The average molecular weight is 366 g/mol. The number of hydrogen-bond acceptors (Lipinski definition) is 4. The lowest BCUT2D eigenvalue weighted by Gasteiger charge is -2.31. The molecule has 142 valence electrons. The molecule has 0 spiro atoms. The van der Waals surface area contributed by atoms with Crippen molar-refractivity contribution in [2.24, 2.45) is 5.10 Å². The lowest BCUT2D eigenvalue weighted by molar-refractivity contribution is -0.918. The second kappa shape index (κ2) is 8.82. The van der Waals surface area contributed by atoms with Crippen LogP contribution in [0, 0.1) is 6.92 Å². The fraction of sp³-hybridized carbons (Fsp3) is 0.364. The summed E-state index contributed by atoms with van der Waals surface area (Å²) in [4.78, 5) is 12.6. The molecule has 3 rings (SSSR count). The van der Waals surface area contributed by atoms with Gasteiger partial charge in [-0.05, 0) is 43.7 Å². The Kier molecular flexibility index (Phi) is 6.24. The van der Waals surface area contributed by atoms with Gasteiger partial charge in [0.25, 0.3) is 0 Å². The number of carbonyl (C=O) groups excluding carboxylic acids is 1. The molecule has 1 saturated heterocycles. The number of piperazine rings is 1. The molecule has 0 saturated carbocycles. The molecule has 0 unspecified atom stereocenters. The second-order valence-corrected chi connectivity index (χ2v) is 7.17. The quantitative estimate of drug-likeness (QED) is 0.500. The Hall–Kier alpha value is -2.66. The highest BCUT2D eigenvalue weighted by Gasteiger charge is 2.19. The molecule has 0 aromatic heterocycles. The largest absolute Gasteiger partial charge is 0.427 e. The van der Waals surface area contributed by atoms with Crippen molar-refractivity contribution < 1.29 is 14.4 Å². The number of ether oxygens (including phenoxy) is 1. The summed E-state index contributed by atoms with van der Waals surface area (Å²) in [6, 6.07) is 16.3. The minimum atomic E-state index is -0.306. The summed E-state index contributed by atoms with van der Waals surface area (Å²) >= 11 is 0. The Morgan fingerprint density at radius 2 is 1.67 bits per heavy atom. The lowest BCUT2D eigenvalue weighted by Crippen LogP contribution is -3.13. The molecule has 0 aliphatic carbocycles. The van der Waals surface area contributed by atoms with E-state index >= 15 is 0 Å². The van der Waals surface area contributed by atoms with Crippen LogP contribution in [0.2, 0.25) is 0 Å². The maximum atomic E-state index is 11.0. The highest BCUT2D eigenvalue weighted by atomic mass is 16.5. The Labute approximate surface area is 161 Å². The Balaban J connectivity index is 1.52. The molecule has 5 heteroatoms. The highest BCUT2D eigenvalue weighted by Crippen LogP contribution is 2.13. The van der Waals surface area contributed by atoms with Gasteiger partial charge in [-0.1, -0.05) is 29.8 Å². The molecule has 27 heavy (non-hydrogen) atoms. The summed E-state index contributed by atoms with van der Waals surface area (Å²) in [5.74, 6) is 0.256. The lowest BCUT2D eigenvalue weighted by atomic mass is 10.1. The number of esters is 1. The van der Waals surface area contributed by atoms with E-state index < -0.39 is 0 Å². The first-order valence-corrected chi connectivity index (χ1v) is 9.48. The van der Waals surface area contributed by atoms with Gasteiger partial charge in [-0.25, -0.2) is 0 Å². The molecule has 1 aliphatic heterocycles. The van der Waals surface area contributed by atoms with E-state index in [1.54, 1.807) is 17.0 Å². The second-order valence-electron chi connectivity index (χ2n) is 7.17. The van der Waals surface area contributed by atoms with Gasteiger partial charge in [-0.3, -0.25) is 9.80 Å². The van der Waals surface area contributed by atoms with E-state index in [9.17, 15) is 4.79 Å². The van der Waals surface area contributed by atoms with E-state index in [2.05, 4.69) is 36.2 Å². The van der Waals surface area contributed by atoms with Gasteiger partial charge in [-0.2, -0.15) is 5.10 Å². The summed E-state index contributed by atoms with van der Waals surface area (Å²) in [5, 5.41) is 6.94. The van der Waals surface area contributed by atoms with Crippen LogP contribution in [-0.2, 0) is 11.3 Å². The standard InChI is InChI=1S/C22H27N3O2/c1-17-4-6-20(7-5-17)16-24-12-14-25(15-13-24)23-18(2)21-8-10-22(11-9-21)27-19(3)26/h4-11H,12-16H2,1-3H3/p+1/b23-18-. The van der Waals surface area contributed by atoms with Gasteiger partial charge in [0.05, 0.1) is 31.9 Å². The van der Waals surface area contributed by atoms with E-state index in [1.807, 2.05) is 19.1 Å². The van der Waals surface area contributed by atoms with Crippen LogP contribution in [0.25, 0.3) is 0 Å². The molecule has 2 aromatic carbocycles. The Bertz CT molecular complexity index is 789. The number of hydrogen-bond donors (Lipinski definition) is 1. The third-order valence-corrected chi connectivity index (χ3v) is 4.85. The van der Waals surface area contributed by atoms with E-state index in [4.69, 9.17) is 9.84 Å². The van der Waals surface area contributed by atoms with Crippen molar-refractivity contribution in [3.05, 3.63) is 65.2 Å². The van der Waals surface area contributed by atoms with Crippen molar-refractivity contribution in [2.45, 2.75) is 27.3 Å². The minimum absolute atomic E-state index is 0.306. The molecule has 1 N–H and O–H groups in total. The summed E-state index contributed by atoms with van der Waals surface area (Å²) < 4.78 is 5.07. The highest BCUT2D eigenvalue weighted by molar-refractivity contribution is 5.98. The molecule has 0 bridgehead atoms. The fourth-order valence-corrected chi connectivity index (χ4v) is 3.28. The maximum Gasteiger partial charge on any atom is 0.308 e. The maximum absolute atomic E-state index is 11.0. The van der Waals surface area contributed by atoms with Gasteiger partial charge in [0.2, 0.25) is 0 Å². The van der Waals surface area contributed by atoms with E-state index in [0.29, 0.717) is 5.75 Å². The topological polar surface area (TPSA) is 46.3 Å². The van der Waals surface area contributed by atoms with Crippen LogP contribution in [0.1, 0.15) is 30.5 Å². The molecule has 1 fully saturated rings. The zero-order valence-electron chi connectivity index (χ0n) is 16.4. The third-order valence-electron chi connectivity index (χ3n) is 4.85. The van der Waals surface area contributed by atoms with Crippen LogP contribution >= 0.6 is 0 Å². The zero-order valence-corrected chi connectivity index (χ0v) is 16.4. The van der Waals surface area contributed by atoms with Crippen molar-refractivity contribution >= 4 is 11.7 Å². The van der Waals surface area contributed by atoms with Crippen molar-refractivity contribution in [1.29, 1.82) is 0 Å². The molecule has 2 aromatic rings. The Morgan fingerprint density at radius 3 is 2.26 bits per heavy atom. The molecular weight excluding hydrogens is 338 g/mol. The first kappa shape index (κ1) is 19.1. The van der Waals surface area contributed by atoms with Crippen LogP contribution in [0.5, 0.6) is 5.75 Å². The number of nitrogens with zero attached hydrogens (tertiary/aromatic N) is 2. The minimum Gasteiger partial charge on any atom is -0.427 e. The molecule has 1 aliphatic rings.